The Morgan fingerprint density at radius 3 is 2.09 bits per heavy atom. The van der Waals surface area contributed by atoms with Crippen LogP contribution in [0.5, 0.6) is 0 Å². The minimum atomic E-state index is -5.13. The molecule has 1 N–H and O–H groups in total. The Labute approximate surface area is 133 Å². The zero-order chi connectivity index (χ0) is 17.8. The predicted octanol–water partition coefficient (Wildman–Crippen LogP) is 2.91. The van der Waals surface area contributed by atoms with Gasteiger partial charge in [0.1, 0.15) is 9.88 Å². The van der Waals surface area contributed by atoms with E-state index in [9.17, 15) is 27.6 Å². The molecule has 0 saturated carbocycles. The van der Waals surface area contributed by atoms with E-state index in [1.165, 1.54) is 13.8 Å². The first-order valence-electron chi connectivity index (χ1n) is 6.49. The Morgan fingerprint density at radius 2 is 1.61 bits per heavy atom. The van der Waals surface area contributed by atoms with E-state index in [1.807, 2.05) is 0 Å². The van der Waals surface area contributed by atoms with Gasteiger partial charge in [-0.25, -0.2) is 9.59 Å². The Kier molecular flexibility index (Phi) is 6.13. The molecule has 0 atom stereocenters. The predicted molar refractivity (Wildman–Crippen MR) is 75.7 cm³/mol. The van der Waals surface area contributed by atoms with E-state index < -0.39 is 29.0 Å². The van der Waals surface area contributed by atoms with Crippen LogP contribution in [0.2, 0.25) is 0 Å². The zero-order valence-electron chi connectivity index (χ0n) is 12.5. The number of nitrogens with one attached hydrogen (secondary N) is 1. The molecule has 1 aromatic heterocycles. The number of carbonyl (C=O) groups is 3. The largest absolute Gasteiger partial charge is 0.471 e. The minimum Gasteiger partial charge on any atom is -0.462 e. The van der Waals surface area contributed by atoms with Crippen LogP contribution < -0.4 is 5.32 Å². The van der Waals surface area contributed by atoms with Crippen LogP contribution in [0.3, 0.4) is 0 Å². The smallest absolute Gasteiger partial charge is 0.462 e. The Bertz CT molecular complexity index is 624. The normalized spacial score (nSPS) is 11.0. The molecule has 0 aliphatic carbocycles. The van der Waals surface area contributed by atoms with Gasteiger partial charge >= 0.3 is 24.0 Å². The van der Waals surface area contributed by atoms with Crippen LogP contribution in [0.1, 0.15) is 39.4 Å². The third kappa shape index (κ3) is 4.44. The summed E-state index contributed by atoms with van der Waals surface area (Å²) in [5, 5.41) is 1.18. The molecule has 23 heavy (non-hydrogen) atoms. The fourth-order valence-electron chi connectivity index (χ4n) is 1.62. The lowest BCUT2D eigenvalue weighted by Gasteiger charge is -2.08. The van der Waals surface area contributed by atoms with Crippen molar-refractivity contribution in [2.45, 2.75) is 26.9 Å². The second-order valence-corrected chi connectivity index (χ2v) is 5.17. The van der Waals surface area contributed by atoms with Crippen molar-refractivity contribution in [3.05, 3.63) is 16.0 Å². The number of halogens is 3. The highest BCUT2D eigenvalue weighted by molar-refractivity contribution is 7.18. The molecule has 0 aliphatic heterocycles. The number of hydrogen-bond acceptors (Lipinski definition) is 6. The number of amides is 1. The third-order valence-corrected chi connectivity index (χ3v) is 3.76. The number of ether oxygens (including phenoxy) is 2. The van der Waals surface area contributed by atoms with Gasteiger partial charge in [0.2, 0.25) is 0 Å². The molecule has 1 rings (SSSR count). The minimum absolute atomic E-state index is 0.0183. The second kappa shape index (κ2) is 7.44. The lowest BCUT2D eigenvalue weighted by atomic mass is 10.1. The summed E-state index contributed by atoms with van der Waals surface area (Å²) in [7, 11) is 0. The Hall–Kier alpha value is -2.10. The molecule has 1 heterocycles. The van der Waals surface area contributed by atoms with E-state index in [0.29, 0.717) is 11.3 Å². The molecule has 0 saturated heterocycles. The van der Waals surface area contributed by atoms with Crippen LogP contribution in [0.4, 0.5) is 18.2 Å². The monoisotopic (exact) mass is 353 g/mol. The van der Waals surface area contributed by atoms with Crippen LogP contribution in [0.25, 0.3) is 0 Å². The SMILES string of the molecule is CCOC(=O)c1sc(NC(=O)C(F)(F)F)c(C(=O)OCC)c1C. The summed E-state index contributed by atoms with van der Waals surface area (Å²) in [4.78, 5) is 34.7. The number of alkyl halides is 3. The van der Waals surface area contributed by atoms with E-state index in [2.05, 4.69) is 0 Å². The maximum absolute atomic E-state index is 12.4. The van der Waals surface area contributed by atoms with Gasteiger partial charge in [0, 0.05) is 0 Å². The molecule has 0 unspecified atom stereocenters. The summed E-state index contributed by atoms with van der Waals surface area (Å²) in [6, 6.07) is 0. The van der Waals surface area contributed by atoms with E-state index in [4.69, 9.17) is 9.47 Å². The van der Waals surface area contributed by atoms with E-state index >= 15 is 0 Å². The highest BCUT2D eigenvalue weighted by Crippen LogP contribution is 2.35. The summed E-state index contributed by atoms with van der Waals surface area (Å²) in [6.07, 6.45) is -5.13. The highest BCUT2D eigenvalue weighted by atomic mass is 32.1. The van der Waals surface area contributed by atoms with Crippen molar-refractivity contribution in [1.82, 2.24) is 0 Å². The molecule has 0 aromatic carbocycles. The van der Waals surface area contributed by atoms with Gasteiger partial charge in [0.25, 0.3) is 0 Å². The van der Waals surface area contributed by atoms with Crippen molar-refractivity contribution in [3.8, 4) is 0 Å². The van der Waals surface area contributed by atoms with Gasteiger partial charge in [-0.3, -0.25) is 4.79 Å². The number of thiophene rings is 1. The summed E-state index contributed by atoms with van der Waals surface area (Å²) in [5.74, 6) is -3.98. The number of rotatable bonds is 5. The summed E-state index contributed by atoms with van der Waals surface area (Å²) in [5.41, 5.74) is -0.207. The molecule has 0 radical (unpaired) electrons. The average Bonchev–Trinajstić information content (AvgIpc) is 2.75. The molecule has 0 spiro atoms. The Morgan fingerprint density at radius 1 is 1.09 bits per heavy atom. The average molecular weight is 353 g/mol. The molecular weight excluding hydrogens is 339 g/mol. The van der Waals surface area contributed by atoms with Gasteiger partial charge in [-0.15, -0.1) is 11.3 Å². The molecule has 1 amide bonds. The lowest BCUT2D eigenvalue weighted by Crippen LogP contribution is -2.30. The molecule has 128 valence electrons. The molecule has 0 aliphatic rings. The van der Waals surface area contributed by atoms with Crippen molar-refractivity contribution in [1.29, 1.82) is 0 Å². The highest BCUT2D eigenvalue weighted by Gasteiger charge is 2.40. The van der Waals surface area contributed by atoms with Crippen LogP contribution in [0.15, 0.2) is 0 Å². The van der Waals surface area contributed by atoms with Crippen LogP contribution in [-0.4, -0.2) is 37.2 Å². The molecule has 0 bridgehead atoms. The molecule has 1 aromatic rings. The van der Waals surface area contributed by atoms with Gasteiger partial charge in [0.15, 0.2) is 0 Å². The van der Waals surface area contributed by atoms with Gasteiger partial charge in [-0.2, -0.15) is 13.2 Å². The standard InChI is InChI=1S/C13H14F3NO5S/c1-4-21-10(18)7-6(3)8(11(19)22-5-2)23-9(7)17-12(20)13(14,15)16/h4-5H2,1-3H3,(H,17,20). The van der Waals surface area contributed by atoms with Gasteiger partial charge in [0.05, 0.1) is 18.8 Å². The first kappa shape index (κ1) is 18.9. The van der Waals surface area contributed by atoms with E-state index in [-0.39, 0.29) is 29.2 Å². The second-order valence-electron chi connectivity index (χ2n) is 4.15. The topological polar surface area (TPSA) is 81.7 Å². The molecular formula is C13H14F3NO5S. The first-order valence-corrected chi connectivity index (χ1v) is 7.30. The maximum Gasteiger partial charge on any atom is 0.471 e. The van der Waals surface area contributed by atoms with Crippen LogP contribution in [-0.2, 0) is 14.3 Å². The van der Waals surface area contributed by atoms with Gasteiger partial charge < -0.3 is 14.8 Å². The van der Waals surface area contributed by atoms with Crippen molar-refractivity contribution in [2.75, 3.05) is 18.5 Å². The maximum atomic E-state index is 12.4. The van der Waals surface area contributed by atoms with Crippen molar-refractivity contribution >= 4 is 34.2 Å². The fourth-order valence-corrected chi connectivity index (χ4v) is 2.70. The number of carbonyl (C=O) groups excluding carboxylic acids is 3. The number of esters is 2. The summed E-state index contributed by atoms with van der Waals surface area (Å²) in [6.45, 7) is 4.46. The number of anilines is 1. The third-order valence-electron chi connectivity index (χ3n) is 2.57. The van der Waals surface area contributed by atoms with Crippen molar-refractivity contribution in [3.63, 3.8) is 0 Å². The van der Waals surface area contributed by atoms with Crippen molar-refractivity contribution < 1.29 is 37.0 Å². The van der Waals surface area contributed by atoms with E-state index in [1.54, 1.807) is 12.2 Å². The summed E-state index contributed by atoms with van der Waals surface area (Å²) < 4.78 is 46.7. The van der Waals surface area contributed by atoms with Gasteiger partial charge in [-0.1, -0.05) is 0 Å². The van der Waals surface area contributed by atoms with E-state index in [0.717, 1.165) is 0 Å². The molecule has 10 heteroatoms. The fraction of sp³-hybridized carbons (Fsp3) is 0.462. The Balaban J connectivity index is 3.31. The number of hydrogen-bond donors (Lipinski definition) is 1. The summed E-state index contributed by atoms with van der Waals surface area (Å²) >= 11 is 0.525. The first-order chi connectivity index (χ1) is 10.6. The van der Waals surface area contributed by atoms with Gasteiger partial charge in [-0.05, 0) is 26.3 Å². The van der Waals surface area contributed by atoms with Crippen LogP contribution >= 0.6 is 11.3 Å². The quantitative estimate of drug-likeness (QED) is 0.823. The lowest BCUT2D eigenvalue weighted by molar-refractivity contribution is -0.167. The van der Waals surface area contributed by atoms with Crippen LogP contribution in [0, 0.1) is 6.92 Å². The molecule has 6 nitrogen and oxygen atoms in total. The van der Waals surface area contributed by atoms with Crippen molar-refractivity contribution in [2.24, 2.45) is 0 Å². The zero-order valence-corrected chi connectivity index (χ0v) is 13.3. The molecule has 0 fully saturated rings.